The number of rotatable bonds is 0. The summed E-state index contributed by atoms with van der Waals surface area (Å²) in [5.41, 5.74) is 9.49. The molecule has 0 aliphatic heterocycles. The first-order valence-electron chi connectivity index (χ1n) is 9.13. The van der Waals surface area contributed by atoms with E-state index in [-0.39, 0.29) is 0 Å². The van der Waals surface area contributed by atoms with Gasteiger partial charge in [0.15, 0.2) is 0 Å². The molecule has 0 radical (unpaired) electrons. The molecule has 1 heteroatoms. The van der Waals surface area contributed by atoms with Gasteiger partial charge in [-0.05, 0) is 36.8 Å². The van der Waals surface area contributed by atoms with E-state index in [4.69, 9.17) is 0 Å². The van der Waals surface area contributed by atoms with Gasteiger partial charge in [-0.3, -0.25) is 0 Å². The molecule has 134 valence electrons. The second-order valence-corrected chi connectivity index (χ2v) is 7.47. The van der Waals surface area contributed by atoms with Crippen LogP contribution in [0.4, 0.5) is 0 Å². The molecule has 0 heterocycles. The van der Waals surface area contributed by atoms with Crippen LogP contribution >= 0.6 is 0 Å². The van der Waals surface area contributed by atoms with E-state index in [0.717, 1.165) is 25.9 Å². The number of benzene rings is 1. The molecule has 0 amide bonds. The van der Waals surface area contributed by atoms with Crippen LogP contribution in [-0.2, 0) is 14.1 Å². The average molecular weight is 358 g/mol. The zero-order valence-electron chi connectivity index (χ0n) is 15.9. The molecular formula is C22H38Fe. The summed E-state index contributed by atoms with van der Waals surface area (Å²) < 4.78 is 0. The molecule has 0 nitrogen and oxygen atoms in total. The first kappa shape index (κ1) is 22.5. The van der Waals surface area contributed by atoms with Gasteiger partial charge in [-0.2, -0.15) is 0 Å². The van der Waals surface area contributed by atoms with E-state index in [9.17, 15) is 0 Å². The quantitative estimate of drug-likeness (QED) is 0.457. The third kappa shape index (κ3) is 12.6. The molecule has 2 atom stereocenters. The molecule has 0 spiro atoms. The number of hydrogen-bond acceptors (Lipinski definition) is 0. The van der Waals surface area contributed by atoms with E-state index in [1.54, 1.807) is 0 Å². The van der Waals surface area contributed by atoms with Gasteiger partial charge in [-0.15, -0.1) is 0 Å². The maximum atomic E-state index is 3.38. The van der Waals surface area contributed by atoms with Crippen molar-refractivity contribution >= 4 is 10.8 Å². The van der Waals surface area contributed by atoms with Gasteiger partial charge >= 0.3 is 24.9 Å². The fraction of sp³-hybridized carbons (Fsp3) is 0.636. The predicted molar refractivity (Wildman–Crippen MR) is 105 cm³/mol. The van der Waals surface area contributed by atoms with E-state index in [2.05, 4.69) is 62.8 Å². The van der Waals surface area contributed by atoms with E-state index in [1.165, 1.54) is 62.5 Å². The predicted octanol–water partition coefficient (Wildman–Crippen LogP) is 6.63. The SMILES string of the molecule is C1CCCC1.CC1CCCC1C.Cc1ccccc1C.[CH2]=[Fe]=[CH2]. The zero-order valence-corrected chi connectivity index (χ0v) is 17.0. The molecule has 0 saturated heterocycles. The van der Waals surface area contributed by atoms with E-state index >= 15 is 0 Å². The van der Waals surface area contributed by atoms with Gasteiger partial charge in [0.25, 0.3) is 0 Å². The topological polar surface area (TPSA) is 0 Å². The summed E-state index contributed by atoms with van der Waals surface area (Å²) in [5.74, 6) is 2.03. The van der Waals surface area contributed by atoms with Crippen LogP contribution in [0.2, 0.25) is 0 Å². The molecule has 2 unspecified atom stereocenters. The van der Waals surface area contributed by atoms with Crippen molar-refractivity contribution < 1.29 is 14.1 Å². The monoisotopic (exact) mass is 358 g/mol. The molecule has 2 fully saturated rings. The molecule has 2 aliphatic carbocycles. The summed E-state index contributed by atoms with van der Waals surface area (Å²) in [6.45, 7) is 8.96. The van der Waals surface area contributed by atoms with Crippen molar-refractivity contribution in [3.63, 3.8) is 0 Å². The van der Waals surface area contributed by atoms with Crippen LogP contribution in [0, 0.1) is 25.7 Å². The Morgan fingerprint density at radius 2 is 1.04 bits per heavy atom. The molecular weight excluding hydrogens is 320 g/mol. The van der Waals surface area contributed by atoms with Gasteiger partial charge in [0.05, 0.1) is 0 Å². The average Bonchev–Trinajstić information content (AvgIpc) is 3.20. The van der Waals surface area contributed by atoms with Crippen LogP contribution in [-0.4, -0.2) is 10.8 Å². The van der Waals surface area contributed by atoms with Crippen LogP contribution in [0.3, 0.4) is 0 Å². The fourth-order valence-electron chi connectivity index (χ4n) is 2.88. The van der Waals surface area contributed by atoms with E-state index in [0.29, 0.717) is 0 Å². The van der Waals surface area contributed by atoms with Gasteiger partial charge in [-0.25, -0.2) is 0 Å². The third-order valence-corrected chi connectivity index (χ3v) is 4.97. The second kappa shape index (κ2) is 15.0. The molecule has 0 bridgehead atoms. The van der Waals surface area contributed by atoms with Crippen LogP contribution in [0.25, 0.3) is 0 Å². The van der Waals surface area contributed by atoms with Gasteiger partial charge in [0.2, 0.25) is 0 Å². The zero-order chi connectivity index (χ0) is 17.5. The molecule has 0 N–H and O–H groups in total. The van der Waals surface area contributed by atoms with Gasteiger partial charge < -0.3 is 0 Å². The Kier molecular flexibility index (Phi) is 14.7. The van der Waals surface area contributed by atoms with Gasteiger partial charge in [-0.1, -0.05) is 89.5 Å². The third-order valence-electron chi connectivity index (χ3n) is 4.97. The van der Waals surface area contributed by atoms with Crippen LogP contribution in [0.1, 0.15) is 76.3 Å². The Bertz CT molecular complexity index is 389. The molecule has 0 aromatic heterocycles. The first-order chi connectivity index (χ1) is 11.0. The van der Waals surface area contributed by atoms with Crippen molar-refractivity contribution in [1.29, 1.82) is 0 Å². The normalized spacial score (nSPS) is 21.9. The number of aryl methyl sites for hydroxylation is 2. The maximum absolute atomic E-state index is 3.38. The van der Waals surface area contributed by atoms with Crippen molar-refractivity contribution in [2.75, 3.05) is 0 Å². The van der Waals surface area contributed by atoms with Crippen molar-refractivity contribution in [2.24, 2.45) is 11.8 Å². The van der Waals surface area contributed by atoms with E-state index in [1.807, 2.05) is 0 Å². The summed E-state index contributed by atoms with van der Waals surface area (Å²) in [7, 11) is 0. The molecule has 2 aliphatic rings. The summed E-state index contributed by atoms with van der Waals surface area (Å²) in [5, 5.41) is 0. The van der Waals surface area contributed by atoms with Crippen molar-refractivity contribution in [1.82, 2.24) is 0 Å². The fourth-order valence-corrected chi connectivity index (χ4v) is 2.88. The standard InChI is InChI=1S/C8H10.C7H14.C5H10.2CH2.Fe/c1-7-5-3-4-6-8(7)2;1-6-4-3-5-7(6)2;1-2-4-5-3-1;;;/h3-6H,1-2H3;6-7H,3-5H2,1-2H3;1-5H2;2*1H2;. The summed E-state index contributed by atoms with van der Waals surface area (Å²) in [6, 6.07) is 8.36. The Morgan fingerprint density at radius 3 is 1.22 bits per heavy atom. The number of hydrogen-bond donors (Lipinski definition) is 0. The Hall–Kier alpha value is -0.521. The molecule has 3 rings (SSSR count). The Balaban J connectivity index is 0.000000297. The minimum absolute atomic E-state index is 0.750. The Morgan fingerprint density at radius 1 is 0.739 bits per heavy atom. The summed E-state index contributed by atoms with van der Waals surface area (Å²) in [4.78, 5) is 0. The van der Waals surface area contributed by atoms with E-state index < -0.39 is 0 Å². The first-order valence-corrected chi connectivity index (χ1v) is 10.7. The summed E-state index contributed by atoms with van der Waals surface area (Å²) in [6.07, 6.45) is 11.9. The van der Waals surface area contributed by atoms with Crippen LogP contribution < -0.4 is 0 Å². The molecule has 2 saturated carbocycles. The van der Waals surface area contributed by atoms with Gasteiger partial charge in [0, 0.05) is 0 Å². The Labute approximate surface area is 151 Å². The minimum atomic E-state index is 0.750. The van der Waals surface area contributed by atoms with Crippen molar-refractivity contribution in [2.45, 2.75) is 79.1 Å². The van der Waals surface area contributed by atoms with Crippen LogP contribution in [0.5, 0.6) is 0 Å². The van der Waals surface area contributed by atoms with Crippen molar-refractivity contribution in [3.05, 3.63) is 35.4 Å². The second-order valence-electron chi connectivity index (χ2n) is 6.91. The van der Waals surface area contributed by atoms with Crippen LogP contribution in [0.15, 0.2) is 24.3 Å². The van der Waals surface area contributed by atoms with Crippen molar-refractivity contribution in [3.8, 4) is 0 Å². The molecule has 1 aromatic rings. The molecule has 1 aromatic carbocycles. The van der Waals surface area contributed by atoms with Gasteiger partial charge in [0.1, 0.15) is 0 Å². The molecule has 23 heavy (non-hydrogen) atoms. The summed E-state index contributed by atoms with van der Waals surface area (Å²) >= 11 is 0.750.